The van der Waals surface area contributed by atoms with Crippen LogP contribution in [0.1, 0.15) is 27.8 Å². The van der Waals surface area contributed by atoms with E-state index in [1.807, 2.05) is 24.0 Å². The van der Waals surface area contributed by atoms with Crippen LogP contribution >= 0.6 is 0 Å². The van der Waals surface area contributed by atoms with Gasteiger partial charge in [0.1, 0.15) is 12.4 Å². The molecule has 0 spiro atoms. The number of carbonyl (C=O) groups is 1. The van der Waals surface area contributed by atoms with Gasteiger partial charge in [0, 0.05) is 32.7 Å². The van der Waals surface area contributed by atoms with Crippen LogP contribution in [0.4, 0.5) is 26.3 Å². The minimum atomic E-state index is -4.92. The minimum Gasteiger partial charge on any atom is -0.489 e. The second kappa shape index (κ2) is 10.9. The first-order valence-corrected chi connectivity index (χ1v) is 11.0. The normalized spacial score (nSPS) is 15.9. The van der Waals surface area contributed by atoms with Crippen molar-refractivity contribution < 1.29 is 41.0 Å². The molecule has 1 aliphatic heterocycles. The molecule has 0 aromatic heterocycles. The molecular formula is C24H26F6N2O3. The number of benzene rings is 2. The lowest BCUT2D eigenvalue weighted by atomic mass is 10.0. The molecule has 192 valence electrons. The molecule has 1 N–H and O–H groups in total. The second-order valence-corrected chi connectivity index (χ2v) is 8.58. The fraction of sp³-hybridized carbons (Fsp3) is 0.458. The van der Waals surface area contributed by atoms with Gasteiger partial charge in [0.2, 0.25) is 0 Å². The molecule has 0 radical (unpaired) electrons. The standard InChI is InChI=1S/C24H26F6N2O3/c1-16-2-3-18(4-5-31-6-8-32(9-7-31)14-22(33)34)21(10-16)35-15-17-11-19(23(25,26)27)13-20(12-17)24(28,29)30/h2-3,10-13H,4-9,14-15H2,1H3,(H,33,34). The Bertz CT molecular complexity index is 999. The number of ether oxygens (including phenoxy) is 1. The van der Waals surface area contributed by atoms with Gasteiger partial charge < -0.3 is 14.7 Å². The fourth-order valence-corrected chi connectivity index (χ4v) is 3.91. The zero-order chi connectivity index (χ0) is 25.8. The number of piperazine rings is 1. The molecule has 1 aliphatic rings. The summed E-state index contributed by atoms with van der Waals surface area (Å²) < 4.78 is 84.5. The summed E-state index contributed by atoms with van der Waals surface area (Å²) in [7, 11) is 0. The lowest BCUT2D eigenvalue weighted by Gasteiger charge is -2.33. The van der Waals surface area contributed by atoms with E-state index in [1.165, 1.54) is 0 Å². The third kappa shape index (κ3) is 7.86. The molecule has 1 heterocycles. The van der Waals surface area contributed by atoms with Gasteiger partial charge in [-0.1, -0.05) is 12.1 Å². The maximum Gasteiger partial charge on any atom is 0.416 e. The number of aliphatic carboxylic acids is 1. The summed E-state index contributed by atoms with van der Waals surface area (Å²) in [6.45, 7) is 4.65. The molecule has 11 heteroatoms. The number of carboxylic acid groups (broad SMARTS) is 1. The lowest BCUT2D eigenvalue weighted by molar-refractivity contribution is -0.143. The highest BCUT2D eigenvalue weighted by Gasteiger charge is 2.37. The zero-order valence-corrected chi connectivity index (χ0v) is 19.0. The maximum atomic E-state index is 13.1. The van der Waals surface area contributed by atoms with Crippen molar-refractivity contribution in [2.45, 2.75) is 32.3 Å². The first-order valence-electron chi connectivity index (χ1n) is 11.0. The largest absolute Gasteiger partial charge is 0.489 e. The van der Waals surface area contributed by atoms with Gasteiger partial charge in [0.15, 0.2) is 0 Å². The van der Waals surface area contributed by atoms with Gasteiger partial charge in [-0.15, -0.1) is 0 Å². The van der Waals surface area contributed by atoms with Gasteiger partial charge in [-0.05, 0) is 54.3 Å². The van der Waals surface area contributed by atoms with Crippen molar-refractivity contribution in [2.24, 2.45) is 0 Å². The molecule has 1 fully saturated rings. The smallest absolute Gasteiger partial charge is 0.416 e. The van der Waals surface area contributed by atoms with Crippen LogP contribution < -0.4 is 4.74 Å². The van der Waals surface area contributed by atoms with Crippen LogP contribution in [-0.2, 0) is 30.2 Å². The average molecular weight is 504 g/mol. The number of nitrogens with zero attached hydrogens (tertiary/aromatic N) is 2. The van der Waals surface area contributed by atoms with E-state index in [0.717, 1.165) is 11.1 Å². The predicted molar refractivity (Wildman–Crippen MR) is 116 cm³/mol. The summed E-state index contributed by atoms with van der Waals surface area (Å²) in [4.78, 5) is 14.9. The molecule has 2 aromatic carbocycles. The molecule has 1 saturated heterocycles. The molecular weight excluding hydrogens is 478 g/mol. The van der Waals surface area contributed by atoms with E-state index in [1.54, 1.807) is 6.07 Å². The lowest BCUT2D eigenvalue weighted by Crippen LogP contribution is -2.48. The van der Waals surface area contributed by atoms with Crippen LogP contribution in [0.3, 0.4) is 0 Å². The maximum absolute atomic E-state index is 13.1. The summed E-state index contributed by atoms with van der Waals surface area (Å²) >= 11 is 0. The van der Waals surface area contributed by atoms with Crippen molar-refractivity contribution in [1.29, 1.82) is 0 Å². The topological polar surface area (TPSA) is 53.0 Å². The van der Waals surface area contributed by atoms with Crippen molar-refractivity contribution in [3.8, 4) is 5.75 Å². The first kappa shape index (κ1) is 26.8. The van der Waals surface area contributed by atoms with E-state index < -0.39 is 36.1 Å². The number of rotatable bonds is 8. The summed E-state index contributed by atoms with van der Waals surface area (Å²) in [6.07, 6.45) is -9.27. The summed E-state index contributed by atoms with van der Waals surface area (Å²) in [5, 5.41) is 8.90. The quantitative estimate of drug-likeness (QED) is 0.521. The number of hydrogen-bond acceptors (Lipinski definition) is 4. The monoisotopic (exact) mass is 504 g/mol. The number of alkyl halides is 6. The summed E-state index contributed by atoms with van der Waals surface area (Å²) in [5.74, 6) is -0.469. The third-order valence-electron chi connectivity index (χ3n) is 5.79. The molecule has 0 saturated carbocycles. The van der Waals surface area contributed by atoms with Crippen LogP contribution in [0.5, 0.6) is 5.75 Å². The highest BCUT2D eigenvalue weighted by molar-refractivity contribution is 5.69. The second-order valence-electron chi connectivity index (χ2n) is 8.58. The predicted octanol–water partition coefficient (Wildman–Crippen LogP) is 4.86. The molecule has 0 bridgehead atoms. The van der Waals surface area contributed by atoms with Gasteiger partial charge in [0.05, 0.1) is 17.7 Å². The van der Waals surface area contributed by atoms with Crippen LogP contribution in [-0.4, -0.2) is 60.1 Å². The van der Waals surface area contributed by atoms with E-state index in [2.05, 4.69) is 4.90 Å². The average Bonchev–Trinajstić information content (AvgIpc) is 2.76. The van der Waals surface area contributed by atoms with E-state index in [4.69, 9.17) is 9.84 Å². The Morgan fingerprint density at radius 2 is 1.49 bits per heavy atom. The van der Waals surface area contributed by atoms with E-state index in [0.29, 0.717) is 57.0 Å². The van der Waals surface area contributed by atoms with Crippen molar-refractivity contribution in [3.63, 3.8) is 0 Å². The molecule has 3 rings (SSSR count). The molecule has 35 heavy (non-hydrogen) atoms. The molecule has 0 amide bonds. The van der Waals surface area contributed by atoms with Crippen LogP contribution in [0.15, 0.2) is 36.4 Å². The van der Waals surface area contributed by atoms with Gasteiger partial charge in [-0.25, -0.2) is 0 Å². The molecule has 0 aliphatic carbocycles. The minimum absolute atomic E-state index is 0.00458. The molecule has 2 aromatic rings. The Balaban J connectivity index is 1.69. The van der Waals surface area contributed by atoms with Gasteiger partial charge in [-0.3, -0.25) is 9.69 Å². The zero-order valence-electron chi connectivity index (χ0n) is 19.0. The summed E-state index contributed by atoms with van der Waals surface area (Å²) in [5.41, 5.74) is -1.36. The Hall–Kier alpha value is -2.79. The van der Waals surface area contributed by atoms with E-state index in [9.17, 15) is 31.1 Å². The highest BCUT2D eigenvalue weighted by atomic mass is 19.4. The van der Waals surface area contributed by atoms with E-state index in [-0.39, 0.29) is 18.2 Å². The molecule has 5 nitrogen and oxygen atoms in total. The van der Waals surface area contributed by atoms with Crippen molar-refractivity contribution in [2.75, 3.05) is 39.3 Å². The Labute approximate surface area is 198 Å². The van der Waals surface area contributed by atoms with E-state index >= 15 is 0 Å². The molecule has 0 unspecified atom stereocenters. The van der Waals surface area contributed by atoms with Crippen molar-refractivity contribution in [3.05, 3.63) is 64.2 Å². The summed E-state index contributed by atoms with van der Waals surface area (Å²) in [6, 6.07) is 6.83. The van der Waals surface area contributed by atoms with Crippen LogP contribution in [0.2, 0.25) is 0 Å². The van der Waals surface area contributed by atoms with Crippen LogP contribution in [0, 0.1) is 6.92 Å². The Kier molecular flexibility index (Phi) is 8.32. The SMILES string of the molecule is Cc1ccc(CCN2CCN(CC(=O)O)CC2)c(OCc2cc(C(F)(F)F)cc(C(F)(F)F)c2)c1. The first-order chi connectivity index (χ1) is 16.3. The fourth-order valence-electron chi connectivity index (χ4n) is 3.91. The van der Waals surface area contributed by atoms with Crippen molar-refractivity contribution >= 4 is 5.97 Å². The van der Waals surface area contributed by atoms with Gasteiger partial charge >= 0.3 is 18.3 Å². The molecule has 0 atom stereocenters. The Morgan fingerprint density at radius 3 is 2.03 bits per heavy atom. The van der Waals surface area contributed by atoms with Crippen LogP contribution in [0.25, 0.3) is 0 Å². The number of carboxylic acids is 1. The number of halogens is 6. The third-order valence-corrected chi connectivity index (χ3v) is 5.79. The number of hydrogen-bond donors (Lipinski definition) is 1. The Morgan fingerprint density at radius 1 is 0.914 bits per heavy atom. The highest BCUT2D eigenvalue weighted by Crippen LogP contribution is 2.36. The van der Waals surface area contributed by atoms with Crippen molar-refractivity contribution in [1.82, 2.24) is 9.80 Å². The van der Waals surface area contributed by atoms with Gasteiger partial charge in [-0.2, -0.15) is 26.3 Å². The number of aryl methyl sites for hydroxylation is 1. The van der Waals surface area contributed by atoms with Gasteiger partial charge in [0.25, 0.3) is 0 Å².